The lowest BCUT2D eigenvalue weighted by Crippen LogP contribution is -1.99. The number of hydrogen-bond donors (Lipinski definition) is 0. The smallest absolute Gasteiger partial charge is 0.160 e. The fraction of sp³-hybridized carbons (Fsp3) is 0. The molecule has 0 aliphatic rings. The largest absolute Gasteiger partial charge is 0.317 e. The molecule has 0 aliphatic heterocycles. The van der Waals surface area contributed by atoms with Gasteiger partial charge in [-0.2, -0.15) is 0 Å². The van der Waals surface area contributed by atoms with Gasteiger partial charge in [-0.3, -0.25) is 0 Å². The Kier molecular flexibility index (Phi) is 7.42. The Balaban J connectivity index is 1.05. The lowest BCUT2D eigenvalue weighted by Gasteiger charge is -2.13. The van der Waals surface area contributed by atoms with Crippen LogP contribution >= 0.6 is 0 Å². The van der Waals surface area contributed by atoms with Gasteiger partial charge < -0.3 is 9.13 Å². The molecule has 4 aromatic heterocycles. The minimum atomic E-state index is 0.657. The summed E-state index contributed by atoms with van der Waals surface area (Å²) in [6.45, 7) is 0. The Bertz CT molecular complexity index is 3160. The third-order valence-corrected chi connectivity index (χ3v) is 10.8. The number of fused-ring (bicyclic) bond motifs is 6. The zero-order valence-corrected chi connectivity index (χ0v) is 30.3. The van der Waals surface area contributed by atoms with Crippen LogP contribution < -0.4 is 0 Å². The van der Waals surface area contributed by atoms with Crippen molar-refractivity contribution in [3.63, 3.8) is 0 Å². The van der Waals surface area contributed by atoms with Gasteiger partial charge in [-0.05, 0) is 90.0 Å². The summed E-state index contributed by atoms with van der Waals surface area (Å²) >= 11 is 0. The zero-order chi connectivity index (χ0) is 37.0. The summed E-state index contributed by atoms with van der Waals surface area (Å²) in [5.74, 6) is 0.657. The topological polar surface area (TPSA) is 48.5 Å². The lowest BCUT2D eigenvalue weighted by atomic mass is 10.0. The van der Waals surface area contributed by atoms with E-state index in [1.54, 1.807) is 0 Å². The molecule has 11 aromatic rings. The van der Waals surface area contributed by atoms with Crippen LogP contribution in [0, 0.1) is 0 Å². The van der Waals surface area contributed by atoms with Gasteiger partial charge in [0.05, 0.1) is 33.5 Å². The highest BCUT2D eigenvalue weighted by molar-refractivity contribution is 6.21. The van der Waals surface area contributed by atoms with Gasteiger partial charge >= 0.3 is 0 Å². The molecule has 5 nitrogen and oxygen atoms in total. The molecule has 7 aromatic carbocycles. The van der Waals surface area contributed by atoms with Crippen molar-refractivity contribution in [2.45, 2.75) is 0 Å². The van der Waals surface area contributed by atoms with E-state index in [9.17, 15) is 0 Å². The van der Waals surface area contributed by atoms with Crippen LogP contribution in [0.2, 0.25) is 0 Å². The first kappa shape index (κ1) is 31.9. The summed E-state index contributed by atoms with van der Waals surface area (Å²) in [7, 11) is 0. The predicted molar refractivity (Wildman–Crippen MR) is 230 cm³/mol. The maximum Gasteiger partial charge on any atom is 0.160 e. The first-order valence-electron chi connectivity index (χ1n) is 18.9. The summed E-state index contributed by atoms with van der Waals surface area (Å²) in [4.78, 5) is 15.6. The van der Waals surface area contributed by atoms with E-state index in [1.165, 1.54) is 27.2 Å². The molecule has 4 heterocycles. The van der Waals surface area contributed by atoms with E-state index in [2.05, 4.69) is 185 Å². The third-order valence-electron chi connectivity index (χ3n) is 10.8. The minimum Gasteiger partial charge on any atom is -0.317 e. The van der Waals surface area contributed by atoms with Gasteiger partial charge in [0.2, 0.25) is 0 Å². The van der Waals surface area contributed by atoms with Gasteiger partial charge in [0.25, 0.3) is 0 Å². The normalized spacial score (nSPS) is 11.6. The molecule has 0 unspecified atom stereocenters. The Hall–Kier alpha value is -7.63. The van der Waals surface area contributed by atoms with E-state index in [-0.39, 0.29) is 0 Å². The quantitative estimate of drug-likeness (QED) is 0.172. The van der Waals surface area contributed by atoms with Gasteiger partial charge in [-0.1, -0.05) is 115 Å². The van der Waals surface area contributed by atoms with Crippen molar-refractivity contribution in [1.29, 1.82) is 0 Å². The molecule has 0 aliphatic carbocycles. The Morgan fingerprint density at radius 2 is 0.982 bits per heavy atom. The van der Waals surface area contributed by atoms with Gasteiger partial charge in [-0.25, -0.2) is 15.0 Å². The Morgan fingerprint density at radius 3 is 1.77 bits per heavy atom. The standard InChI is InChI=1S/C51H33N5/c1-4-14-34(15-5-1)37-32-44(35-16-6-2-7-17-35)52-45(33-37)50-40-20-10-12-22-43(40)53-51(54-50)36-24-26-39(27-25-36)56-47-23-13-11-21-41(47)49-42-30-31-55(38-18-8-3-9-19-38)46(42)28-29-48(49)56/h1-33H. The maximum absolute atomic E-state index is 5.28. The monoisotopic (exact) mass is 715 g/mol. The molecule has 0 N–H and O–H groups in total. The van der Waals surface area contributed by atoms with Crippen LogP contribution in [0.15, 0.2) is 200 Å². The Labute approximate surface area is 323 Å². The second-order valence-electron chi connectivity index (χ2n) is 14.1. The lowest BCUT2D eigenvalue weighted by molar-refractivity contribution is 1.13. The van der Waals surface area contributed by atoms with Gasteiger partial charge in [0, 0.05) is 50.2 Å². The molecule has 0 amide bonds. The highest BCUT2D eigenvalue weighted by Crippen LogP contribution is 2.39. The highest BCUT2D eigenvalue weighted by Gasteiger charge is 2.19. The molecule has 0 fully saturated rings. The molecule has 11 rings (SSSR count). The number of para-hydroxylation sites is 3. The van der Waals surface area contributed by atoms with E-state index < -0.39 is 0 Å². The van der Waals surface area contributed by atoms with Crippen molar-refractivity contribution in [3.8, 4) is 56.5 Å². The summed E-state index contributed by atoms with van der Waals surface area (Å²) in [5.41, 5.74) is 13.3. The van der Waals surface area contributed by atoms with Crippen molar-refractivity contribution < 1.29 is 0 Å². The van der Waals surface area contributed by atoms with Crippen LogP contribution in [-0.2, 0) is 0 Å². The van der Waals surface area contributed by atoms with Crippen molar-refractivity contribution in [2.24, 2.45) is 0 Å². The molecular formula is C51H33N5. The van der Waals surface area contributed by atoms with Crippen LogP contribution in [0.1, 0.15) is 0 Å². The molecule has 56 heavy (non-hydrogen) atoms. The summed E-state index contributed by atoms with van der Waals surface area (Å²) in [5, 5.41) is 4.67. The van der Waals surface area contributed by atoms with E-state index in [4.69, 9.17) is 15.0 Å². The maximum atomic E-state index is 5.28. The summed E-state index contributed by atoms with van der Waals surface area (Å²) < 4.78 is 4.63. The molecule has 262 valence electrons. The van der Waals surface area contributed by atoms with Gasteiger partial charge in [-0.15, -0.1) is 0 Å². The number of hydrogen-bond acceptors (Lipinski definition) is 3. The van der Waals surface area contributed by atoms with Crippen LogP contribution in [-0.4, -0.2) is 24.1 Å². The molecule has 0 saturated heterocycles. The summed E-state index contributed by atoms with van der Waals surface area (Å²) in [6.07, 6.45) is 2.17. The highest BCUT2D eigenvalue weighted by atomic mass is 15.0. The van der Waals surface area contributed by atoms with E-state index in [0.717, 1.165) is 67.1 Å². The molecule has 0 spiro atoms. The Morgan fingerprint density at radius 1 is 0.357 bits per heavy atom. The van der Waals surface area contributed by atoms with Gasteiger partial charge in [0.15, 0.2) is 5.82 Å². The molecule has 0 atom stereocenters. The fourth-order valence-corrected chi connectivity index (χ4v) is 8.14. The van der Waals surface area contributed by atoms with Crippen molar-refractivity contribution >= 4 is 43.6 Å². The fourth-order valence-electron chi connectivity index (χ4n) is 8.14. The van der Waals surface area contributed by atoms with Gasteiger partial charge in [0.1, 0.15) is 5.69 Å². The first-order chi connectivity index (χ1) is 27.8. The van der Waals surface area contributed by atoms with Crippen molar-refractivity contribution in [3.05, 3.63) is 200 Å². The number of nitrogens with zero attached hydrogens (tertiary/aromatic N) is 5. The molecule has 0 saturated carbocycles. The molecule has 5 heteroatoms. The minimum absolute atomic E-state index is 0.657. The second kappa shape index (κ2) is 13.0. The first-order valence-corrected chi connectivity index (χ1v) is 18.9. The third kappa shape index (κ3) is 5.29. The van der Waals surface area contributed by atoms with E-state index >= 15 is 0 Å². The average molecular weight is 716 g/mol. The molecule has 0 bridgehead atoms. The van der Waals surface area contributed by atoms with Crippen LogP contribution in [0.4, 0.5) is 0 Å². The summed E-state index contributed by atoms with van der Waals surface area (Å²) in [6, 6.07) is 67.9. The van der Waals surface area contributed by atoms with Crippen LogP contribution in [0.3, 0.4) is 0 Å². The van der Waals surface area contributed by atoms with Crippen molar-refractivity contribution in [2.75, 3.05) is 0 Å². The van der Waals surface area contributed by atoms with E-state index in [0.29, 0.717) is 5.82 Å². The SMILES string of the molecule is c1ccc(-c2cc(-c3ccccc3)nc(-c3nc(-c4ccc(-n5c6ccccc6c6c7ccn(-c8ccccc8)c7ccc65)cc4)nc4ccccc34)c2)cc1. The average Bonchev–Trinajstić information content (AvgIpc) is 3.86. The predicted octanol–water partition coefficient (Wildman–Crippen LogP) is 12.7. The number of rotatable bonds is 6. The van der Waals surface area contributed by atoms with Crippen LogP contribution in [0.25, 0.3) is 100 Å². The molecular weight excluding hydrogens is 683 g/mol. The second-order valence-corrected chi connectivity index (χ2v) is 14.1. The number of benzene rings is 7. The van der Waals surface area contributed by atoms with E-state index in [1.807, 2.05) is 24.3 Å². The van der Waals surface area contributed by atoms with Crippen molar-refractivity contribution in [1.82, 2.24) is 24.1 Å². The zero-order valence-electron chi connectivity index (χ0n) is 30.3. The molecule has 0 radical (unpaired) electrons. The number of aromatic nitrogens is 5. The number of pyridine rings is 1. The van der Waals surface area contributed by atoms with Crippen LogP contribution in [0.5, 0.6) is 0 Å².